The van der Waals surface area contributed by atoms with E-state index in [9.17, 15) is 9.67 Å². The van der Waals surface area contributed by atoms with E-state index in [0.29, 0.717) is 18.8 Å². The van der Waals surface area contributed by atoms with E-state index in [2.05, 4.69) is 0 Å². The minimum absolute atomic E-state index is 0.380. The van der Waals surface area contributed by atoms with Crippen LogP contribution in [0.2, 0.25) is 0 Å². The van der Waals surface area contributed by atoms with E-state index >= 15 is 0 Å². The Bertz CT molecular complexity index is 267. The van der Waals surface area contributed by atoms with E-state index in [1.807, 2.05) is 6.92 Å². The molecule has 5 nitrogen and oxygen atoms in total. The first-order chi connectivity index (χ1) is 6.81. The molecule has 0 spiro atoms. The van der Waals surface area contributed by atoms with Crippen LogP contribution in [0.15, 0.2) is 0 Å². The number of rotatable bonds is 3. The van der Waals surface area contributed by atoms with Crippen molar-refractivity contribution in [2.45, 2.75) is 37.9 Å². The summed E-state index contributed by atoms with van der Waals surface area (Å²) in [6.07, 6.45) is 3.23. The molecule has 5 N–H and O–H groups in total. The molecule has 90 valence electrons. The van der Waals surface area contributed by atoms with Gasteiger partial charge in [-0.3, -0.25) is 4.57 Å². The topological polar surface area (TPSA) is 104 Å². The Morgan fingerprint density at radius 3 is 2.47 bits per heavy atom. The smallest absolute Gasteiger partial charge is 0.358 e. The van der Waals surface area contributed by atoms with Gasteiger partial charge < -0.3 is 20.6 Å². The third-order valence-electron chi connectivity index (χ3n) is 3.40. The third-order valence-corrected chi connectivity index (χ3v) is 4.95. The normalized spacial score (nSPS) is 32.3. The molecule has 15 heavy (non-hydrogen) atoms. The molecule has 3 atom stereocenters. The fourth-order valence-electron chi connectivity index (χ4n) is 2.38. The zero-order valence-corrected chi connectivity index (χ0v) is 9.86. The van der Waals surface area contributed by atoms with Crippen LogP contribution in [-0.4, -0.2) is 26.8 Å². The van der Waals surface area contributed by atoms with Crippen LogP contribution in [-0.2, 0) is 4.57 Å². The zero-order chi connectivity index (χ0) is 11.7. The van der Waals surface area contributed by atoms with Crippen LogP contribution < -0.4 is 5.73 Å². The number of aliphatic hydroxyl groups is 1. The van der Waals surface area contributed by atoms with E-state index in [1.54, 1.807) is 0 Å². The lowest BCUT2D eigenvalue weighted by Gasteiger charge is -2.39. The summed E-state index contributed by atoms with van der Waals surface area (Å²) in [5.74, 6) is 0.0143. The molecule has 1 fully saturated rings. The summed E-state index contributed by atoms with van der Waals surface area (Å²) in [4.78, 5) is 18.3. The van der Waals surface area contributed by atoms with Gasteiger partial charge in [0.15, 0.2) is 5.34 Å². The lowest BCUT2D eigenvalue weighted by atomic mass is 9.79. The van der Waals surface area contributed by atoms with Crippen LogP contribution in [0.5, 0.6) is 0 Å². The molecule has 1 rings (SSSR count). The molecule has 3 unspecified atom stereocenters. The second-order valence-electron chi connectivity index (χ2n) is 4.60. The predicted molar refractivity (Wildman–Crippen MR) is 57.2 cm³/mol. The van der Waals surface area contributed by atoms with Gasteiger partial charge in [-0.25, -0.2) is 0 Å². The molecule has 0 aromatic heterocycles. The maximum absolute atomic E-state index is 11.3. The van der Waals surface area contributed by atoms with Gasteiger partial charge in [-0.15, -0.1) is 0 Å². The third kappa shape index (κ3) is 2.60. The summed E-state index contributed by atoms with van der Waals surface area (Å²) in [7, 11) is -4.55. The van der Waals surface area contributed by atoms with Crippen molar-refractivity contribution in [3.63, 3.8) is 0 Å². The Kier molecular flexibility index (Phi) is 3.95. The summed E-state index contributed by atoms with van der Waals surface area (Å²) >= 11 is 0. The molecule has 1 aliphatic carbocycles. The Morgan fingerprint density at radius 2 is 2.07 bits per heavy atom. The van der Waals surface area contributed by atoms with Crippen molar-refractivity contribution in [2.75, 3.05) is 6.54 Å². The van der Waals surface area contributed by atoms with Gasteiger partial charge in [-0.2, -0.15) is 0 Å². The molecule has 0 aromatic rings. The highest BCUT2D eigenvalue weighted by atomic mass is 31.2. The first kappa shape index (κ1) is 13.1. The van der Waals surface area contributed by atoms with Crippen LogP contribution in [0.4, 0.5) is 0 Å². The summed E-state index contributed by atoms with van der Waals surface area (Å²) in [5, 5.41) is 7.98. The van der Waals surface area contributed by atoms with Gasteiger partial charge in [-0.1, -0.05) is 19.8 Å². The summed E-state index contributed by atoms with van der Waals surface area (Å²) in [6.45, 7) is 1.65. The Morgan fingerprint density at radius 1 is 1.47 bits per heavy atom. The molecular formula is C9H20NO4P. The van der Waals surface area contributed by atoms with Crippen molar-refractivity contribution in [2.24, 2.45) is 17.6 Å². The van der Waals surface area contributed by atoms with E-state index in [-0.39, 0.29) is 12.5 Å². The SMILES string of the molecule is CC1CCCC(C(O)(CN)P(=O)(O)O)C1. The average Bonchev–Trinajstić information content (AvgIpc) is 2.14. The molecule has 0 amide bonds. The van der Waals surface area contributed by atoms with E-state index in [1.165, 1.54) is 0 Å². The fourth-order valence-corrected chi connectivity index (χ4v) is 3.33. The summed E-state index contributed by atoms with van der Waals surface area (Å²) in [5.41, 5.74) is 5.33. The average molecular weight is 237 g/mol. The lowest BCUT2D eigenvalue weighted by molar-refractivity contribution is 0.0161. The van der Waals surface area contributed by atoms with Crippen molar-refractivity contribution >= 4 is 7.60 Å². The van der Waals surface area contributed by atoms with Gasteiger partial charge in [0, 0.05) is 12.5 Å². The standard InChI is InChI=1S/C9H20NO4P/c1-7-3-2-4-8(5-7)9(11,6-10)15(12,13)14/h7-8,11H,2-6,10H2,1H3,(H2,12,13,14). The van der Waals surface area contributed by atoms with Gasteiger partial charge in [0.25, 0.3) is 0 Å². The van der Waals surface area contributed by atoms with Gasteiger partial charge in [0.05, 0.1) is 0 Å². The lowest BCUT2D eigenvalue weighted by Crippen LogP contribution is -2.46. The second-order valence-corrected chi connectivity index (χ2v) is 6.46. The molecule has 1 saturated carbocycles. The predicted octanol–water partition coefficient (Wildman–Crippen LogP) is 0.638. The molecule has 0 bridgehead atoms. The van der Waals surface area contributed by atoms with Gasteiger partial charge in [-0.05, 0) is 18.8 Å². The largest absolute Gasteiger partial charge is 0.376 e. The zero-order valence-electron chi connectivity index (χ0n) is 8.96. The summed E-state index contributed by atoms with van der Waals surface area (Å²) < 4.78 is 11.3. The van der Waals surface area contributed by atoms with Crippen molar-refractivity contribution in [1.82, 2.24) is 0 Å². The molecule has 0 saturated heterocycles. The van der Waals surface area contributed by atoms with Crippen LogP contribution >= 0.6 is 7.60 Å². The van der Waals surface area contributed by atoms with Crippen molar-refractivity contribution < 1.29 is 19.5 Å². The van der Waals surface area contributed by atoms with Crippen molar-refractivity contribution in [3.05, 3.63) is 0 Å². The van der Waals surface area contributed by atoms with Crippen LogP contribution in [0, 0.1) is 11.8 Å². The van der Waals surface area contributed by atoms with Crippen LogP contribution in [0.3, 0.4) is 0 Å². The first-order valence-corrected chi connectivity index (χ1v) is 6.90. The van der Waals surface area contributed by atoms with E-state index in [0.717, 1.165) is 12.8 Å². The highest BCUT2D eigenvalue weighted by Crippen LogP contribution is 2.55. The monoisotopic (exact) mass is 237 g/mol. The number of nitrogens with two attached hydrogens (primary N) is 1. The van der Waals surface area contributed by atoms with Gasteiger partial charge >= 0.3 is 7.60 Å². The number of hydrogen-bond donors (Lipinski definition) is 4. The minimum atomic E-state index is -4.55. The molecule has 0 heterocycles. The Labute approximate surface area is 89.8 Å². The maximum Gasteiger partial charge on any atom is 0.358 e. The second kappa shape index (κ2) is 4.52. The first-order valence-electron chi connectivity index (χ1n) is 5.29. The van der Waals surface area contributed by atoms with Crippen molar-refractivity contribution in [1.29, 1.82) is 0 Å². The minimum Gasteiger partial charge on any atom is -0.376 e. The van der Waals surface area contributed by atoms with Gasteiger partial charge in [0.1, 0.15) is 0 Å². The molecular weight excluding hydrogens is 217 g/mol. The molecule has 6 heteroatoms. The summed E-state index contributed by atoms with van der Waals surface area (Å²) in [6, 6.07) is 0. The fraction of sp³-hybridized carbons (Fsp3) is 1.00. The highest BCUT2D eigenvalue weighted by molar-refractivity contribution is 7.53. The molecule has 1 aliphatic rings. The molecule has 0 radical (unpaired) electrons. The van der Waals surface area contributed by atoms with Crippen molar-refractivity contribution in [3.8, 4) is 0 Å². The van der Waals surface area contributed by atoms with Crippen LogP contribution in [0.1, 0.15) is 32.6 Å². The van der Waals surface area contributed by atoms with Crippen LogP contribution in [0.25, 0.3) is 0 Å². The Hall–Kier alpha value is 0.0700. The Balaban J connectivity index is 2.86. The highest BCUT2D eigenvalue weighted by Gasteiger charge is 2.50. The van der Waals surface area contributed by atoms with Gasteiger partial charge in [0.2, 0.25) is 0 Å². The molecule has 0 aromatic carbocycles. The quantitative estimate of drug-likeness (QED) is 0.539. The number of hydrogen-bond acceptors (Lipinski definition) is 3. The van der Waals surface area contributed by atoms with E-state index in [4.69, 9.17) is 15.5 Å². The maximum atomic E-state index is 11.3. The molecule has 0 aliphatic heterocycles. The van der Waals surface area contributed by atoms with E-state index < -0.39 is 12.9 Å².